The molecule has 2 aromatic heterocycles. The van der Waals surface area contributed by atoms with Gasteiger partial charge >= 0.3 is 0 Å². The van der Waals surface area contributed by atoms with Crippen LogP contribution in [0.3, 0.4) is 0 Å². The molecular formula is C29H22N6O. The zero-order valence-corrected chi connectivity index (χ0v) is 19.5. The number of carbonyl (C=O) groups excluding carboxylic acids is 1. The van der Waals surface area contributed by atoms with Crippen LogP contribution in [0.5, 0.6) is 0 Å². The van der Waals surface area contributed by atoms with Crippen LogP contribution in [0.1, 0.15) is 21.5 Å². The standard InChI is InChI=1S/C29H22N6O/c1-19-15-24(6-8-26(19)33-22-9-12-31-13-10-22)35-29(36)21-3-2-4-23(17-21)34-28-11-14-32-27-7-5-20(18-30)16-25(27)28/h2-17H,1H3,(H,31,33)(H,32,34)(H,35,36). The number of carbonyl (C=O) groups is 1. The molecule has 0 aliphatic heterocycles. The van der Waals surface area contributed by atoms with Crippen LogP contribution in [0, 0.1) is 18.3 Å². The third-order valence-electron chi connectivity index (χ3n) is 5.72. The molecule has 1 amide bonds. The molecule has 0 atom stereocenters. The Kier molecular flexibility index (Phi) is 6.24. The van der Waals surface area contributed by atoms with E-state index in [0.29, 0.717) is 16.8 Å². The van der Waals surface area contributed by atoms with Crippen molar-refractivity contribution >= 4 is 45.2 Å². The van der Waals surface area contributed by atoms with Gasteiger partial charge in [0.2, 0.25) is 0 Å². The van der Waals surface area contributed by atoms with Crippen molar-refractivity contribution in [1.29, 1.82) is 5.26 Å². The monoisotopic (exact) mass is 470 g/mol. The van der Waals surface area contributed by atoms with E-state index in [9.17, 15) is 10.1 Å². The third kappa shape index (κ3) is 4.98. The van der Waals surface area contributed by atoms with Gasteiger partial charge in [0.15, 0.2) is 0 Å². The van der Waals surface area contributed by atoms with Gasteiger partial charge in [-0.15, -0.1) is 0 Å². The number of nitrogens with one attached hydrogen (secondary N) is 3. The van der Waals surface area contributed by atoms with Gasteiger partial charge in [0.25, 0.3) is 5.91 Å². The van der Waals surface area contributed by atoms with E-state index in [2.05, 4.69) is 32.0 Å². The van der Waals surface area contributed by atoms with Crippen LogP contribution in [0.2, 0.25) is 0 Å². The first-order chi connectivity index (χ1) is 17.6. The lowest BCUT2D eigenvalue weighted by atomic mass is 10.1. The molecule has 0 saturated heterocycles. The molecule has 0 unspecified atom stereocenters. The van der Waals surface area contributed by atoms with Crippen LogP contribution >= 0.6 is 0 Å². The predicted octanol–water partition coefficient (Wildman–Crippen LogP) is 6.55. The minimum absolute atomic E-state index is 0.209. The fourth-order valence-electron chi connectivity index (χ4n) is 3.89. The van der Waals surface area contributed by atoms with Gasteiger partial charge in [0.1, 0.15) is 0 Å². The van der Waals surface area contributed by atoms with Gasteiger partial charge in [0.05, 0.1) is 17.1 Å². The van der Waals surface area contributed by atoms with Crippen molar-refractivity contribution in [3.63, 3.8) is 0 Å². The van der Waals surface area contributed by atoms with Gasteiger partial charge in [0, 0.05) is 58.0 Å². The zero-order chi connectivity index (χ0) is 24.9. The maximum absolute atomic E-state index is 13.0. The summed E-state index contributed by atoms with van der Waals surface area (Å²) in [6, 6.07) is 26.2. The Bertz CT molecular complexity index is 1610. The number of aromatic nitrogens is 2. The number of hydrogen-bond donors (Lipinski definition) is 3. The number of nitrogens with zero attached hydrogens (tertiary/aromatic N) is 3. The van der Waals surface area contributed by atoms with E-state index < -0.39 is 0 Å². The molecule has 0 spiro atoms. The molecule has 0 bridgehead atoms. The first kappa shape index (κ1) is 22.6. The third-order valence-corrected chi connectivity index (χ3v) is 5.72. The van der Waals surface area contributed by atoms with E-state index in [-0.39, 0.29) is 5.91 Å². The van der Waals surface area contributed by atoms with Gasteiger partial charge in [-0.1, -0.05) is 6.07 Å². The van der Waals surface area contributed by atoms with Crippen molar-refractivity contribution in [2.75, 3.05) is 16.0 Å². The first-order valence-electron chi connectivity index (χ1n) is 11.3. The summed E-state index contributed by atoms with van der Waals surface area (Å²) >= 11 is 0. The lowest BCUT2D eigenvalue weighted by molar-refractivity contribution is 0.102. The molecule has 3 N–H and O–H groups in total. The summed E-state index contributed by atoms with van der Waals surface area (Å²) in [5, 5.41) is 19.8. The number of hydrogen-bond acceptors (Lipinski definition) is 6. The second-order valence-corrected chi connectivity index (χ2v) is 8.25. The molecule has 7 heteroatoms. The van der Waals surface area contributed by atoms with Gasteiger partial charge in [-0.2, -0.15) is 5.26 Å². The molecule has 5 aromatic rings. The highest BCUT2D eigenvalue weighted by Gasteiger charge is 2.10. The average Bonchev–Trinajstić information content (AvgIpc) is 2.91. The Morgan fingerprint density at radius 2 is 1.64 bits per heavy atom. The number of fused-ring (bicyclic) bond motifs is 1. The molecular weight excluding hydrogens is 448 g/mol. The summed E-state index contributed by atoms with van der Waals surface area (Å²) in [6.07, 6.45) is 5.18. The zero-order valence-electron chi connectivity index (χ0n) is 19.5. The van der Waals surface area contributed by atoms with E-state index in [1.54, 1.807) is 42.9 Å². The van der Waals surface area contributed by atoms with Crippen LogP contribution in [-0.2, 0) is 0 Å². The van der Waals surface area contributed by atoms with Crippen molar-refractivity contribution in [3.8, 4) is 6.07 Å². The van der Waals surface area contributed by atoms with Crippen molar-refractivity contribution in [2.24, 2.45) is 0 Å². The average molecular weight is 471 g/mol. The van der Waals surface area contributed by atoms with Crippen LogP contribution in [0.4, 0.5) is 28.4 Å². The normalized spacial score (nSPS) is 10.4. The number of aryl methyl sites for hydroxylation is 1. The minimum atomic E-state index is -0.209. The smallest absolute Gasteiger partial charge is 0.255 e. The Hall–Kier alpha value is -5.22. The van der Waals surface area contributed by atoms with Gasteiger partial charge in [-0.3, -0.25) is 14.8 Å². The second kappa shape index (κ2) is 9.95. The summed E-state index contributed by atoms with van der Waals surface area (Å²) in [5.74, 6) is -0.209. The highest BCUT2D eigenvalue weighted by atomic mass is 16.1. The molecule has 0 aliphatic carbocycles. The summed E-state index contributed by atoms with van der Waals surface area (Å²) in [4.78, 5) is 21.4. The lowest BCUT2D eigenvalue weighted by Gasteiger charge is -2.13. The summed E-state index contributed by atoms with van der Waals surface area (Å²) in [6.45, 7) is 1.99. The largest absolute Gasteiger partial charge is 0.355 e. The van der Waals surface area contributed by atoms with Crippen LogP contribution in [-0.4, -0.2) is 15.9 Å². The number of rotatable bonds is 6. The predicted molar refractivity (Wildman–Crippen MR) is 143 cm³/mol. The van der Waals surface area contributed by atoms with Gasteiger partial charge in [-0.25, -0.2) is 0 Å². The van der Waals surface area contributed by atoms with Crippen LogP contribution < -0.4 is 16.0 Å². The molecule has 36 heavy (non-hydrogen) atoms. The molecule has 0 saturated carbocycles. The molecule has 0 radical (unpaired) electrons. The fraction of sp³-hybridized carbons (Fsp3) is 0.0345. The van der Waals surface area contributed by atoms with E-state index in [4.69, 9.17) is 0 Å². The van der Waals surface area contributed by atoms with Crippen LogP contribution in [0.15, 0.2) is 97.5 Å². The number of nitriles is 1. The Labute approximate surface area is 208 Å². The summed E-state index contributed by atoms with van der Waals surface area (Å²) in [7, 11) is 0. The molecule has 7 nitrogen and oxygen atoms in total. The second-order valence-electron chi connectivity index (χ2n) is 8.25. The molecule has 3 aromatic carbocycles. The van der Waals surface area contributed by atoms with E-state index >= 15 is 0 Å². The Balaban J connectivity index is 1.32. The summed E-state index contributed by atoms with van der Waals surface area (Å²) < 4.78 is 0. The van der Waals surface area contributed by atoms with Crippen molar-refractivity contribution in [2.45, 2.75) is 6.92 Å². The highest BCUT2D eigenvalue weighted by molar-refractivity contribution is 6.05. The van der Waals surface area contributed by atoms with Gasteiger partial charge in [-0.05, 0) is 85.3 Å². The van der Waals surface area contributed by atoms with Crippen molar-refractivity contribution < 1.29 is 4.79 Å². The molecule has 174 valence electrons. The quantitative estimate of drug-likeness (QED) is 0.260. The summed E-state index contributed by atoms with van der Waals surface area (Å²) in [5.41, 5.74) is 7.03. The van der Waals surface area contributed by atoms with Crippen LogP contribution in [0.25, 0.3) is 10.9 Å². The van der Waals surface area contributed by atoms with E-state index in [1.165, 1.54) is 0 Å². The maximum Gasteiger partial charge on any atom is 0.255 e. The minimum Gasteiger partial charge on any atom is -0.355 e. The molecule has 0 aliphatic rings. The number of amides is 1. The number of pyridine rings is 2. The van der Waals surface area contributed by atoms with E-state index in [0.717, 1.165) is 39.2 Å². The fourth-order valence-corrected chi connectivity index (χ4v) is 3.89. The Morgan fingerprint density at radius 1 is 0.806 bits per heavy atom. The molecule has 2 heterocycles. The lowest BCUT2D eigenvalue weighted by Crippen LogP contribution is -2.12. The first-order valence-corrected chi connectivity index (χ1v) is 11.3. The molecule has 0 fully saturated rings. The van der Waals surface area contributed by atoms with Crippen molar-refractivity contribution in [1.82, 2.24) is 9.97 Å². The number of anilines is 5. The maximum atomic E-state index is 13.0. The topological polar surface area (TPSA) is 103 Å². The SMILES string of the molecule is Cc1cc(NC(=O)c2cccc(Nc3ccnc4ccc(C#N)cc34)c2)ccc1Nc1ccncc1. The van der Waals surface area contributed by atoms with Gasteiger partial charge < -0.3 is 16.0 Å². The Morgan fingerprint density at radius 3 is 2.44 bits per heavy atom. The van der Waals surface area contributed by atoms with Crippen molar-refractivity contribution in [3.05, 3.63) is 114 Å². The number of benzene rings is 3. The highest BCUT2D eigenvalue weighted by Crippen LogP contribution is 2.27. The molecule has 5 rings (SSSR count). The van der Waals surface area contributed by atoms with E-state index in [1.807, 2.05) is 61.5 Å².